The molecule has 0 atom stereocenters. The number of hydrogen-bond acceptors (Lipinski definition) is 2. The summed E-state index contributed by atoms with van der Waals surface area (Å²) in [4.78, 5) is 5.80. The summed E-state index contributed by atoms with van der Waals surface area (Å²) in [5.74, 6) is 2.39. The highest BCUT2D eigenvalue weighted by Gasteiger charge is 2.10. The summed E-state index contributed by atoms with van der Waals surface area (Å²) in [6, 6.07) is 7.88. The lowest BCUT2D eigenvalue weighted by Gasteiger charge is -2.28. The lowest BCUT2D eigenvalue weighted by molar-refractivity contribution is 0.859. The summed E-state index contributed by atoms with van der Waals surface area (Å²) < 4.78 is 0. The summed E-state index contributed by atoms with van der Waals surface area (Å²) in [5.41, 5.74) is 1.93. The minimum absolute atomic E-state index is 0.737. The van der Waals surface area contributed by atoms with E-state index < -0.39 is 0 Å². The summed E-state index contributed by atoms with van der Waals surface area (Å²) in [5, 5.41) is 0. The highest BCUT2D eigenvalue weighted by atomic mass is 32.2. The van der Waals surface area contributed by atoms with Crippen molar-refractivity contribution in [2.45, 2.75) is 0 Å². The summed E-state index contributed by atoms with van der Waals surface area (Å²) in [7, 11) is 0. The third-order valence-electron chi connectivity index (χ3n) is 2.34. The Morgan fingerprint density at radius 2 is 2.07 bits per heavy atom. The van der Waals surface area contributed by atoms with Crippen molar-refractivity contribution in [2.24, 2.45) is 0 Å². The number of hydrogen-bond donors (Lipinski definition) is 0. The van der Waals surface area contributed by atoms with Gasteiger partial charge in [0.2, 0.25) is 0 Å². The summed E-state index contributed by atoms with van der Waals surface area (Å²) >= 11 is 2.00. The molecule has 1 fully saturated rings. The van der Waals surface area contributed by atoms with Crippen molar-refractivity contribution in [3.05, 3.63) is 35.7 Å². The maximum Gasteiger partial charge on any atom is 0.189 e. The molecule has 0 bridgehead atoms. The summed E-state index contributed by atoms with van der Waals surface area (Å²) in [6.45, 7) is 9.16. The van der Waals surface area contributed by atoms with Gasteiger partial charge in [-0.25, -0.2) is 4.85 Å². The Bertz CT molecular complexity index is 351. The van der Waals surface area contributed by atoms with Crippen LogP contribution in [0.2, 0.25) is 0 Å². The van der Waals surface area contributed by atoms with Crippen molar-refractivity contribution in [3.63, 3.8) is 0 Å². The first-order chi connectivity index (χ1) is 6.90. The van der Waals surface area contributed by atoms with Crippen molar-refractivity contribution in [3.8, 4) is 0 Å². The zero-order chi connectivity index (χ0) is 9.80. The van der Waals surface area contributed by atoms with Crippen molar-refractivity contribution in [1.82, 2.24) is 0 Å². The highest BCUT2D eigenvalue weighted by molar-refractivity contribution is 7.99. The van der Waals surface area contributed by atoms with Crippen LogP contribution in [-0.2, 0) is 0 Å². The largest absolute Gasteiger partial charge is 0.371 e. The van der Waals surface area contributed by atoms with Crippen molar-refractivity contribution in [1.29, 1.82) is 0 Å². The van der Waals surface area contributed by atoms with Gasteiger partial charge in [0.05, 0.1) is 6.57 Å². The van der Waals surface area contributed by atoms with E-state index in [-0.39, 0.29) is 0 Å². The maximum atomic E-state index is 6.96. The minimum atomic E-state index is 0.737. The molecule has 14 heavy (non-hydrogen) atoms. The second kappa shape index (κ2) is 4.39. The van der Waals surface area contributed by atoms with Crippen molar-refractivity contribution < 1.29 is 0 Å². The van der Waals surface area contributed by atoms with Crippen LogP contribution in [0.3, 0.4) is 0 Å². The monoisotopic (exact) mass is 204 g/mol. The van der Waals surface area contributed by atoms with Crippen molar-refractivity contribution in [2.75, 3.05) is 29.5 Å². The Kier molecular flexibility index (Phi) is 2.95. The van der Waals surface area contributed by atoms with E-state index >= 15 is 0 Å². The lowest BCUT2D eigenvalue weighted by Crippen LogP contribution is -2.32. The zero-order valence-corrected chi connectivity index (χ0v) is 8.76. The van der Waals surface area contributed by atoms with Crippen molar-refractivity contribution >= 4 is 23.1 Å². The molecule has 1 aromatic carbocycles. The lowest BCUT2D eigenvalue weighted by atomic mass is 10.2. The molecular weight excluding hydrogens is 192 g/mol. The Morgan fingerprint density at radius 3 is 2.79 bits per heavy atom. The van der Waals surface area contributed by atoms with Gasteiger partial charge < -0.3 is 4.90 Å². The first kappa shape index (κ1) is 9.42. The molecule has 1 aliphatic rings. The van der Waals surface area contributed by atoms with E-state index in [2.05, 4.69) is 15.8 Å². The maximum absolute atomic E-state index is 6.96. The van der Waals surface area contributed by atoms with E-state index in [0.29, 0.717) is 0 Å². The SMILES string of the molecule is [C-]#[N+]c1cccc(N2CCSCC2)c1. The van der Waals surface area contributed by atoms with Crippen LogP contribution >= 0.6 is 11.8 Å². The number of thioether (sulfide) groups is 1. The highest BCUT2D eigenvalue weighted by Crippen LogP contribution is 2.23. The molecule has 72 valence electrons. The second-order valence-corrected chi connectivity index (χ2v) is 4.46. The number of rotatable bonds is 1. The van der Waals surface area contributed by atoms with Crippen LogP contribution in [0.25, 0.3) is 4.85 Å². The average Bonchev–Trinajstić information content (AvgIpc) is 2.30. The second-order valence-electron chi connectivity index (χ2n) is 3.23. The number of benzene rings is 1. The number of anilines is 1. The Hall–Kier alpha value is -1.14. The van der Waals surface area contributed by atoms with Crippen LogP contribution in [0.5, 0.6) is 0 Å². The molecule has 2 rings (SSSR count). The van der Waals surface area contributed by atoms with Gasteiger partial charge in [0.25, 0.3) is 0 Å². The molecule has 0 amide bonds. The molecule has 1 aliphatic heterocycles. The standard InChI is InChI=1S/C11H12N2S/c1-12-10-3-2-4-11(9-10)13-5-7-14-8-6-13/h2-4,9H,5-8H2. The molecule has 0 aromatic heterocycles. The van der Waals surface area contributed by atoms with Crippen LogP contribution in [0.4, 0.5) is 11.4 Å². The Labute approximate surface area is 88.7 Å². The van der Waals surface area contributed by atoms with Gasteiger partial charge in [0.1, 0.15) is 0 Å². The zero-order valence-electron chi connectivity index (χ0n) is 7.94. The van der Waals surface area contributed by atoms with Gasteiger partial charge >= 0.3 is 0 Å². The fourth-order valence-corrected chi connectivity index (χ4v) is 2.48. The first-order valence-corrected chi connectivity index (χ1v) is 5.86. The van der Waals surface area contributed by atoms with Gasteiger partial charge in [-0.1, -0.05) is 12.1 Å². The molecule has 0 saturated carbocycles. The Morgan fingerprint density at radius 1 is 1.29 bits per heavy atom. The van der Waals surface area contributed by atoms with Crippen LogP contribution in [0.1, 0.15) is 0 Å². The van der Waals surface area contributed by atoms with Crippen LogP contribution < -0.4 is 4.90 Å². The van der Waals surface area contributed by atoms with E-state index in [0.717, 1.165) is 18.8 Å². The van der Waals surface area contributed by atoms with Crippen LogP contribution in [-0.4, -0.2) is 24.6 Å². The van der Waals surface area contributed by atoms with Crippen LogP contribution in [0, 0.1) is 6.57 Å². The molecule has 0 N–H and O–H groups in total. The average molecular weight is 204 g/mol. The van der Waals surface area contributed by atoms with Gasteiger partial charge in [-0.3, -0.25) is 0 Å². The fraction of sp³-hybridized carbons (Fsp3) is 0.364. The predicted octanol–water partition coefficient (Wildman–Crippen LogP) is 2.79. The van der Waals surface area contributed by atoms with Gasteiger partial charge in [-0.15, -0.1) is 0 Å². The third-order valence-corrected chi connectivity index (χ3v) is 3.28. The Balaban J connectivity index is 2.18. The predicted molar refractivity (Wildman–Crippen MR) is 62.2 cm³/mol. The molecule has 1 saturated heterocycles. The molecule has 3 heteroatoms. The van der Waals surface area contributed by atoms with Gasteiger partial charge in [-0.2, -0.15) is 11.8 Å². The molecule has 0 radical (unpaired) electrons. The molecule has 0 unspecified atom stereocenters. The van der Waals surface area contributed by atoms with Crippen LogP contribution in [0.15, 0.2) is 24.3 Å². The van der Waals surface area contributed by atoms with Gasteiger partial charge in [-0.05, 0) is 12.1 Å². The van der Waals surface area contributed by atoms with Gasteiger partial charge in [0, 0.05) is 30.3 Å². The fourth-order valence-electron chi connectivity index (χ4n) is 1.58. The van der Waals surface area contributed by atoms with E-state index in [1.54, 1.807) is 0 Å². The van der Waals surface area contributed by atoms with E-state index in [1.807, 2.05) is 30.0 Å². The number of nitrogens with zero attached hydrogens (tertiary/aromatic N) is 2. The van der Waals surface area contributed by atoms with E-state index in [1.165, 1.54) is 17.2 Å². The smallest absolute Gasteiger partial charge is 0.189 e. The first-order valence-electron chi connectivity index (χ1n) is 4.70. The topological polar surface area (TPSA) is 7.60 Å². The molecule has 0 aliphatic carbocycles. The summed E-state index contributed by atoms with van der Waals surface area (Å²) in [6.07, 6.45) is 0. The molecule has 1 heterocycles. The normalized spacial score (nSPS) is 16.4. The third kappa shape index (κ3) is 2.02. The minimum Gasteiger partial charge on any atom is -0.371 e. The van der Waals surface area contributed by atoms with E-state index in [9.17, 15) is 0 Å². The quantitative estimate of drug-likeness (QED) is 0.650. The molecule has 1 aromatic rings. The molecular formula is C11H12N2S. The van der Waals surface area contributed by atoms with E-state index in [4.69, 9.17) is 6.57 Å². The van der Waals surface area contributed by atoms with Gasteiger partial charge in [0.15, 0.2) is 5.69 Å². The molecule has 0 spiro atoms. The molecule has 2 nitrogen and oxygen atoms in total.